The van der Waals surface area contributed by atoms with E-state index in [4.69, 9.17) is 4.52 Å². The molecule has 0 radical (unpaired) electrons. The first-order valence-electron chi connectivity index (χ1n) is 7.96. The Hall–Kier alpha value is -3.62. The Labute approximate surface area is 145 Å². The van der Waals surface area contributed by atoms with Crippen LogP contribution in [0.4, 0.5) is 17.4 Å². The third kappa shape index (κ3) is 1.55. The van der Waals surface area contributed by atoms with Crippen molar-refractivity contribution in [3.8, 4) is 0 Å². The van der Waals surface area contributed by atoms with E-state index in [0.717, 1.165) is 5.56 Å². The van der Waals surface area contributed by atoms with Crippen LogP contribution in [0.5, 0.6) is 0 Å². The van der Waals surface area contributed by atoms with Crippen LogP contribution in [-0.4, -0.2) is 21.0 Å². The molecule has 1 unspecified atom stereocenters. The zero-order valence-electron chi connectivity index (χ0n) is 13.8. The molecule has 0 bridgehead atoms. The number of hydrogen-bond donors (Lipinski definition) is 4. The van der Waals surface area contributed by atoms with Gasteiger partial charge in [-0.3, -0.25) is 19.6 Å². The molecule has 0 saturated carbocycles. The van der Waals surface area contributed by atoms with Crippen molar-refractivity contribution in [3.05, 3.63) is 67.0 Å². The van der Waals surface area contributed by atoms with E-state index in [1.54, 1.807) is 13.0 Å². The molecular weight excluding hydrogens is 338 g/mol. The van der Waals surface area contributed by atoms with Crippen molar-refractivity contribution in [2.45, 2.75) is 19.3 Å². The third-order valence-corrected chi connectivity index (χ3v) is 4.96. The first-order valence-corrected chi connectivity index (χ1v) is 7.96. The molecule has 1 aromatic carbocycles. The third-order valence-electron chi connectivity index (χ3n) is 4.96. The van der Waals surface area contributed by atoms with E-state index in [1.165, 1.54) is 0 Å². The van der Waals surface area contributed by atoms with Gasteiger partial charge < -0.3 is 15.2 Å². The SMILES string of the molecule is Cc1ccc2c(c1)C1(C(=O)N2)c2c(C)noc2Nc2[nH]c(=O)[nH]c(=O)c21. The minimum atomic E-state index is -1.46. The van der Waals surface area contributed by atoms with Crippen molar-refractivity contribution in [1.82, 2.24) is 15.1 Å². The van der Waals surface area contributed by atoms with Gasteiger partial charge in [0.1, 0.15) is 11.2 Å². The van der Waals surface area contributed by atoms with E-state index in [9.17, 15) is 14.4 Å². The molecule has 9 nitrogen and oxygen atoms in total. The van der Waals surface area contributed by atoms with Crippen molar-refractivity contribution in [3.63, 3.8) is 0 Å². The molecule has 9 heteroatoms. The molecule has 4 heterocycles. The summed E-state index contributed by atoms with van der Waals surface area (Å²) in [4.78, 5) is 42.6. The molecule has 5 rings (SSSR count). The van der Waals surface area contributed by atoms with Crippen LogP contribution < -0.4 is 21.9 Å². The van der Waals surface area contributed by atoms with Gasteiger partial charge in [0.15, 0.2) is 0 Å². The summed E-state index contributed by atoms with van der Waals surface area (Å²) in [6.45, 7) is 3.61. The number of aromatic amines is 2. The number of benzene rings is 1. The Morgan fingerprint density at radius 2 is 1.85 bits per heavy atom. The minimum Gasteiger partial charge on any atom is -0.338 e. The van der Waals surface area contributed by atoms with Gasteiger partial charge in [-0.25, -0.2) is 4.79 Å². The molecule has 0 fully saturated rings. The Balaban J connectivity index is 2.02. The predicted octanol–water partition coefficient (Wildman–Crippen LogP) is 1.01. The van der Waals surface area contributed by atoms with Crippen LogP contribution in [0.25, 0.3) is 0 Å². The molecule has 0 saturated heterocycles. The molecular formula is C17H13N5O4. The largest absolute Gasteiger partial charge is 0.338 e. The quantitative estimate of drug-likeness (QED) is 0.478. The molecule has 130 valence electrons. The van der Waals surface area contributed by atoms with Crippen molar-refractivity contribution in [2.75, 3.05) is 10.6 Å². The highest BCUT2D eigenvalue weighted by molar-refractivity contribution is 6.13. The van der Waals surface area contributed by atoms with E-state index in [1.807, 2.05) is 19.1 Å². The van der Waals surface area contributed by atoms with Crippen molar-refractivity contribution in [2.24, 2.45) is 0 Å². The summed E-state index contributed by atoms with van der Waals surface area (Å²) in [6, 6.07) is 5.52. The van der Waals surface area contributed by atoms with Gasteiger partial charge in [-0.05, 0) is 19.9 Å². The maximum atomic E-state index is 13.3. The summed E-state index contributed by atoms with van der Waals surface area (Å²) in [5.74, 6) is -0.0568. The van der Waals surface area contributed by atoms with Gasteiger partial charge in [0.05, 0.1) is 16.8 Å². The topological polar surface area (TPSA) is 133 Å². The standard InChI is InChI=1S/C17H13N5O4/c1-6-3-4-9-8(5-6)17(15(24)18-9)10-7(2)22-26-14(10)19-12-11(17)13(23)21-16(25)20-12/h3-5H,1-2H3,(H,18,24)(H3,19,20,21,23,25). The number of amides is 1. The predicted molar refractivity (Wildman–Crippen MR) is 91.9 cm³/mol. The Morgan fingerprint density at radius 1 is 1.04 bits per heavy atom. The van der Waals surface area contributed by atoms with Gasteiger partial charge in [-0.2, -0.15) is 0 Å². The Morgan fingerprint density at radius 3 is 2.65 bits per heavy atom. The normalized spacial score (nSPS) is 19.5. The fourth-order valence-electron chi connectivity index (χ4n) is 3.99. The summed E-state index contributed by atoms with van der Waals surface area (Å²) >= 11 is 0. The van der Waals surface area contributed by atoms with E-state index in [2.05, 4.69) is 25.8 Å². The monoisotopic (exact) mass is 351 g/mol. The van der Waals surface area contributed by atoms with Crippen LogP contribution in [0, 0.1) is 13.8 Å². The lowest BCUT2D eigenvalue weighted by Crippen LogP contribution is -2.46. The summed E-state index contributed by atoms with van der Waals surface area (Å²) in [7, 11) is 0. The van der Waals surface area contributed by atoms with E-state index in [-0.39, 0.29) is 17.3 Å². The molecule has 2 aliphatic heterocycles. The first-order chi connectivity index (χ1) is 12.4. The summed E-state index contributed by atoms with van der Waals surface area (Å²) in [5.41, 5.74) is 0.414. The molecule has 3 aromatic rings. The average Bonchev–Trinajstić information content (AvgIpc) is 3.07. The highest BCUT2D eigenvalue weighted by Gasteiger charge is 2.58. The number of H-pyrrole nitrogens is 2. The van der Waals surface area contributed by atoms with Crippen LogP contribution in [0.2, 0.25) is 0 Å². The maximum Gasteiger partial charge on any atom is 0.327 e. The number of aryl methyl sites for hydroxylation is 2. The number of nitrogens with zero attached hydrogens (tertiary/aromatic N) is 1. The smallest absolute Gasteiger partial charge is 0.327 e. The maximum absolute atomic E-state index is 13.3. The van der Waals surface area contributed by atoms with E-state index in [0.29, 0.717) is 22.5 Å². The van der Waals surface area contributed by atoms with Crippen molar-refractivity contribution < 1.29 is 9.32 Å². The van der Waals surface area contributed by atoms with Gasteiger partial charge in [0.2, 0.25) is 11.8 Å². The van der Waals surface area contributed by atoms with Crippen LogP contribution >= 0.6 is 0 Å². The lowest BCUT2D eigenvalue weighted by Gasteiger charge is -2.32. The number of carbonyl (C=O) groups is 1. The number of aromatic nitrogens is 3. The second-order valence-corrected chi connectivity index (χ2v) is 6.51. The molecule has 1 amide bonds. The lowest BCUT2D eigenvalue weighted by atomic mass is 9.68. The second kappa shape index (κ2) is 4.51. The minimum absolute atomic E-state index is 0.109. The molecule has 1 atom stereocenters. The molecule has 0 aliphatic carbocycles. The Bertz CT molecular complexity index is 1230. The van der Waals surface area contributed by atoms with Crippen LogP contribution in [0.3, 0.4) is 0 Å². The summed E-state index contributed by atoms with van der Waals surface area (Å²) in [5, 5.41) is 9.68. The summed E-state index contributed by atoms with van der Waals surface area (Å²) < 4.78 is 5.33. The lowest BCUT2D eigenvalue weighted by molar-refractivity contribution is -0.118. The van der Waals surface area contributed by atoms with Crippen molar-refractivity contribution in [1.29, 1.82) is 0 Å². The molecule has 2 aliphatic rings. The average molecular weight is 351 g/mol. The van der Waals surface area contributed by atoms with Crippen LogP contribution in [0.15, 0.2) is 32.3 Å². The zero-order chi connectivity index (χ0) is 18.2. The van der Waals surface area contributed by atoms with Gasteiger partial charge in [-0.15, -0.1) is 0 Å². The molecule has 1 spiro atoms. The van der Waals surface area contributed by atoms with E-state index < -0.39 is 22.6 Å². The number of nitrogens with one attached hydrogen (secondary N) is 4. The fourth-order valence-corrected chi connectivity index (χ4v) is 3.99. The van der Waals surface area contributed by atoms with Crippen LogP contribution in [0.1, 0.15) is 27.9 Å². The Kier molecular flexibility index (Phi) is 2.55. The van der Waals surface area contributed by atoms with Gasteiger partial charge in [0, 0.05) is 11.3 Å². The van der Waals surface area contributed by atoms with Gasteiger partial charge in [-0.1, -0.05) is 22.9 Å². The highest BCUT2D eigenvalue weighted by atomic mass is 16.5. The van der Waals surface area contributed by atoms with Gasteiger partial charge in [0.25, 0.3) is 5.56 Å². The molecule has 2 aromatic heterocycles. The van der Waals surface area contributed by atoms with Gasteiger partial charge >= 0.3 is 5.69 Å². The number of rotatable bonds is 0. The molecule has 4 N–H and O–H groups in total. The summed E-state index contributed by atoms with van der Waals surface area (Å²) in [6.07, 6.45) is 0. The highest BCUT2D eigenvalue weighted by Crippen LogP contribution is 2.54. The number of anilines is 3. The number of fused-ring (bicyclic) bond motifs is 6. The van der Waals surface area contributed by atoms with Crippen molar-refractivity contribution >= 4 is 23.3 Å². The first kappa shape index (κ1) is 14.7. The fraction of sp³-hybridized carbons (Fsp3) is 0.176. The molecule has 26 heavy (non-hydrogen) atoms. The van der Waals surface area contributed by atoms with E-state index >= 15 is 0 Å². The number of hydrogen-bond acceptors (Lipinski definition) is 6. The second-order valence-electron chi connectivity index (χ2n) is 6.51. The zero-order valence-corrected chi connectivity index (χ0v) is 13.8. The number of carbonyl (C=O) groups excluding carboxylic acids is 1. The van der Waals surface area contributed by atoms with Crippen LogP contribution in [-0.2, 0) is 10.2 Å².